The number of cyclic esters (lactones) is 1. The Hall–Kier alpha value is -0.910. The predicted octanol–water partition coefficient (Wildman–Crippen LogP) is 2.54. The van der Waals surface area contributed by atoms with Crippen molar-refractivity contribution in [2.75, 3.05) is 6.61 Å². The topological polar surface area (TPSA) is 92.8 Å². The number of ether oxygens (including phenoxy) is 1. The molecule has 4 saturated carbocycles. The molecule has 9 unspecified atom stereocenters. The van der Waals surface area contributed by atoms with Gasteiger partial charge in [-0.15, -0.1) is 0 Å². The molecule has 4 N–H and O–H groups in total. The lowest BCUT2D eigenvalue weighted by molar-refractivity contribution is -0.242. The SMILES string of the molecule is CC12CCC(N)CC1CCC1C2CC(O)C2(C)C(C3=CC(=O)OC3)CCC12O. The maximum absolute atomic E-state index is 12.2. The van der Waals surface area contributed by atoms with E-state index in [0.717, 1.165) is 50.5 Å². The van der Waals surface area contributed by atoms with E-state index in [9.17, 15) is 15.0 Å². The zero-order chi connectivity index (χ0) is 19.9. The van der Waals surface area contributed by atoms with Gasteiger partial charge in [0.15, 0.2) is 0 Å². The van der Waals surface area contributed by atoms with Gasteiger partial charge in [0.05, 0.1) is 11.7 Å². The lowest BCUT2D eigenvalue weighted by Gasteiger charge is -2.65. The molecule has 0 bridgehead atoms. The Balaban J connectivity index is 1.51. The highest BCUT2D eigenvalue weighted by atomic mass is 16.5. The number of hydrogen-bond donors (Lipinski definition) is 3. The third kappa shape index (κ3) is 2.27. The molecular formula is C23H35NO4. The Morgan fingerprint density at radius 3 is 2.61 bits per heavy atom. The second-order valence-corrected chi connectivity index (χ2v) is 10.9. The maximum Gasteiger partial charge on any atom is 0.331 e. The summed E-state index contributed by atoms with van der Waals surface area (Å²) in [5, 5.41) is 23.6. The summed E-state index contributed by atoms with van der Waals surface area (Å²) in [5.41, 5.74) is 5.93. The summed E-state index contributed by atoms with van der Waals surface area (Å²) in [6, 6.07) is 0.305. The summed E-state index contributed by atoms with van der Waals surface area (Å²) >= 11 is 0. The number of carbonyl (C=O) groups excluding carboxylic acids is 1. The molecule has 1 aliphatic heterocycles. The van der Waals surface area contributed by atoms with Crippen LogP contribution >= 0.6 is 0 Å². The summed E-state index contributed by atoms with van der Waals surface area (Å²) < 4.78 is 5.17. The molecule has 5 rings (SSSR count). The lowest BCUT2D eigenvalue weighted by atomic mass is 9.42. The van der Waals surface area contributed by atoms with Crippen LogP contribution in [0, 0.1) is 34.5 Å². The van der Waals surface area contributed by atoms with Gasteiger partial charge in [-0.25, -0.2) is 4.79 Å². The number of rotatable bonds is 1. The highest BCUT2D eigenvalue weighted by Crippen LogP contribution is 2.69. The minimum atomic E-state index is -0.875. The van der Waals surface area contributed by atoms with Crippen molar-refractivity contribution in [3.63, 3.8) is 0 Å². The molecule has 1 heterocycles. The van der Waals surface area contributed by atoms with Crippen LogP contribution in [0.25, 0.3) is 0 Å². The first kappa shape index (κ1) is 19.1. The third-order valence-electron chi connectivity index (χ3n) is 10.1. The van der Waals surface area contributed by atoms with Gasteiger partial charge >= 0.3 is 5.97 Å². The summed E-state index contributed by atoms with van der Waals surface area (Å²) in [5.74, 6) is 0.911. The first-order chi connectivity index (χ1) is 13.2. The lowest BCUT2D eigenvalue weighted by Crippen LogP contribution is -2.67. The van der Waals surface area contributed by atoms with E-state index >= 15 is 0 Å². The van der Waals surface area contributed by atoms with E-state index < -0.39 is 17.1 Å². The molecule has 5 aliphatic rings. The standard InChI is InChI=1S/C23H35NO4/c1-21-7-5-15(24)10-14(21)3-4-17-18(21)11-19(25)22(2)16(6-8-23(17,22)27)13-9-20(26)28-12-13/h9,14-19,25,27H,3-8,10-12,24H2,1-2H3. The number of carbonyl (C=O) groups is 1. The predicted molar refractivity (Wildman–Crippen MR) is 105 cm³/mol. The molecule has 0 aromatic carbocycles. The Morgan fingerprint density at radius 1 is 1.11 bits per heavy atom. The highest BCUT2D eigenvalue weighted by molar-refractivity contribution is 5.85. The van der Waals surface area contributed by atoms with E-state index in [-0.39, 0.29) is 23.2 Å². The summed E-state index contributed by atoms with van der Waals surface area (Å²) in [4.78, 5) is 11.7. The van der Waals surface area contributed by atoms with Gasteiger partial charge in [-0.2, -0.15) is 0 Å². The van der Waals surface area contributed by atoms with Crippen molar-refractivity contribution >= 4 is 5.97 Å². The van der Waals surface area contributed by atoms with E-state index in [1.807, 2.05) is 0 Å². The van der Waals surface area contributed by atoms with Gasteiger partial charge in [0.2, 0.25) is 0 Å². The van der Waals surface area contributed by atoms with Gasteiger partial charge in [0.25, 0.3) is 0 Å². The summed E-state index contributed by atoms with van der Waals surface area (Å²) in [6.07, 6.45) is 8.72. The van der Waals surface area contributed by atoms with E-state index in [2.05, 4.69) is 13.8 Å². The van der Waals surface area contributed by atoms with Gasteiger partial charge in [-0.3, -0.25) is 0 Å². The normalized spacial score (nSPS) is 55.8. The number of aliphatic hydroxyl groups excluding tert-OH is 1. The van der Waals surface area contributed by atoms with Crippen molar-refractivity contribution in [2.24, 2.45) is 40.2 Å². The minimum absolute atomic E-state index is 0.0187. The van der Waals surface area contributed by atoms with Crippen molar-refractivity contribution in [1.82, 2.24) is 0 Å². The minimum Gasteiger partial charge on any atom is -0.458 e. The van der Waals surface area contributed by atoms with Crippen LogP contribution in [0.5, 0.6) is 0 Å². The van der Waals surface area contributed by atoms with Crippen LogP contribution in [0.3, 0.4) is 0 Å². The number of aliphatic hydroxyl groups is 2. The number of nitrogens with two attached hydrogens (primary N) is 1. The molecule has 4 aliphatic carbocycles. The summed E-state index contributed by atoms with van der Waals surface area (Å²) in [7, 11) is 0. The molecule has 0 aromatic heterocycles. The van der Waals surface area contributed by atoms with Crippen molar-refractivity contribution < 1.29 is 19.7 Å². The molecule has 5 heteroatoms. The van der Waals surface area contributed by atoms with Gasteiger partial charge in [0.1, 0.15) is 6.61 Å². The Morgan fingerprint density at radius 2 is 1.89 bits per heavy atom. The first-order valence-electron chi connectivity index (χ1n) is 11.2. The van der Waals surface area contributed by atoms with Crippen LogP contribution in [0.4, 0.5) is 0 Å². The zero-order valence-electron chi connectivity index (χ0n) is 17.2. The van der Waals surface area contributed by atoms with E-state index in [0.29, 0.717) is 30.9 Å². The van der Waals surface area contributed by atoms with Gasteiger partial charge in [-0.05, 0) is 86.0 Å². The van der Waals surface area contributed by atoms with Crippen LogP contribution in [0.1, 0.15) is 65.2 Å². The largest absolute Gasteiger partial charge is 0.458 e. The van der Waals surface area contributed by atoms with E-state index in [1.54, 1.807) is 6.08 Å². The molecule has 5 nitrogen and oxygen atoms in total. The van der Waals surface area contributed by atoms with Crippen molar-refractivity contribution in [3.8, 4) is 0 Å². The van der Waals surface area contributed by atoms with E-state index in [1.165, 1.54) is 0 Å². The van der Waals surface area contributed by atoms with Crippen LogP contribution in [0.2, 0.25) is 0 Å². The first-order valence-corrected chi connectivity index (χ1v) is 11.2. The molecule has 0 saturated heterocycles. The second-order valence-electron chi connectivity index (χ2n) is 10.9. The summed E-state index contributed by atoms with van der Waals surface area (Å²) in [6.45, 7) is 4.78. The molecule has 0 spiro atoms. The van der Waals surface area contributed by atoms with Crippen molar-refractivity contribution in [1.29, 1.82) is 0 Å². The monoisotopic (exact) mass is 389 g/mol. The molecule has 4 fully saturated rings. The fourth-order valence-corrected chi connectivity index (χ4v) is 8.42. The Bertz CT molecular complexity index is 721. The maximum atomic E-state index is 12.2. The second kappa shape index (κ2) is 6.05. The zero-order valence-corrected chi connectivity index (χ0v) is 17.2. The highest BCUT2D eigenvalue weighted by Gasteiger charge is 2.70. The van der Waals surface area contributed by atoms with Crippen LogP contribution in [-0.2, 0) is 9.53 Å². The molecule has 28 heavy (non-hydrogen) atoms. The average Bonchev–Trinajstić information content (AvgIpc) is 3.19. The molecule has 9 atom stereocenters. The smallest absolute Gasteiger partial charge is 0.331 e. The number of fused-ring (bicyclic) bond motifs is 5. The van der Waals surface area contributed by atoms with Crippen LogP contribution in [-0.4, -0.2) is 40.5 Å². The fourth-order valence-electron chi connectivity index (χ4n) is 8.42. The molecule has 0 radical (unpaired) electrons. The molecular weight excluding hydrogens is 354 g/mol. The van der Waals surface area contributed by atoms with Crippen LogP contribution < -0.4 is 5.73 Å². The van der Waals surface area contributed by atoms with E-state index in [4.69, 9.17) is 10.5 Å². The van der Waals surface area contributed by atoms with Gasteiger partial charge in [0, 0.05) is 17.5 Å². The molecule has 0 aromatic rings. The quantitative estimate of drug-likeness (QED) is 0.599. The third-order valence-corrected chi connectivity index (χ3v) is 10.1. The number of esters is 1. The number of hydrogen-bond acceptors (Lipinski definition) is 5. The fraction of sp³-hybridized carbons (Fsp3) is 0.870. The van der Waals surface area contributed by atoms with Gasteiger partial charge < -0.3 is 20.7 Å². The Kier molecular flexibility index (Phi) is 4.12. The van der Waals surface area contributed by atoms with Gasteiger partial charge in [-0.1, -0.05) is 13.8 Å². The molecule has 0 amide bonds. The van der Waals surface area contributed by atoms with Crippen molar-refractivity contribution in [3.05, 3.63) is 11.6 Å². The molecule has 156 valence electrons. The average molecular weight is 390 g/mol. The van der Waals surface area contributed by atoms with Crippen LogP contribution in [0.15, 0.2) is 11.6 Å². The van der Waals surface area contributed by atoms with Crippen molar-refractivity contribution in [2.45, 2.75) is 83.0 Å². The Labute approximate surface area is 167 Å².